The van der Waals surface area contributed by atoms with Crippen molar-refractivity contribution in [1.82, 2.24) is 4.90 Å². The Bertz CT molecular complexity index is 1220. The highest BCUT2D eigenvalue weighted by Gasteiger charge is 2.37. The number of methoxy groups -OCH3 is 1. The van der Waals surface area contributed by atoms with Crippen LogP contribution in [-0.4, -0.2) is 50.3 Å². The molecule has 0 heterocycles. The summed E-state index contributed by atoms with van der Waals surface area (Å²) in [4.78, 5) is 28.7. The largest absolute Gasteiger partial charge is 0.455 e. The number of nitrogens with zero attached hydrogens (tertiary/aromatic N) is 1. The fraction of sp³-hybridized carbons (Fsp3) is 0.543. The van der Waals surface area contributed by atoms with Gasteiger partial charge in [0.05, 0.1) is 0 Å². The molecule has 6 nitrogen and oxygen atoms in total. The zero-order valence-corrected chi connectivity index (χ0v) is 28.5. The van der Waals surface area contributed by atoms with E-state index in [0.29, 0.717) is 18.6 Å². The summed E-state index contributed by atoms with van der Waals surface area (Å²) < 4.78 is 18.0. The van der Waals surface area contributed by atoms with E-state index < -0.39 is 26.3 Å². The average Bonchev–Trinajstić information content (AvgIpc) is 2.88. The van der Waals surface area contributed by atoms with Crippen LogP contribution in [0.25, 0.3) is 0 Å². The number of amides is 1. The van der Waals surface area contributed by atoms with E-state index in [4.69, 9.17) is 14.2 Å². The summed E-state index contributed by atoms with van der Waals surface area (Å²) in [5.41, 5.74) is 6.84. The second-order valence-corrected chi connectivity index (χ2v) is 17.7. The zero-order valence-electron chi connectivity index (χ0n) is 27.5. The summed E-state index contributed by atoms with van der Waals surface area (Å²) in [7, 11) is -0.117. The molecule has 0 aliphatic heterocycles. The Balaban J connectivity index is 2.59. The zero-order chi connectivity index (χ0) is 31.8. The average molecular weight is 594 g/mol. The molecule has 1 aromatic carbocycles. The minimum atomic E-state index is -1.62. The van der Waals surface area contributed by atoms with Crippen LogP contribution in [-0.2, 0) is 19.0 Å². The number of benzene rings is 1. The summed E-state index contributed by atoms with van der Waals surface area (Å²) in [6.07, 6.45) is 1.31. The van der Waals surface area contributed by atoms with E-state index >= 15 is 0 Å². The number of esters is 1. The topological polar surface area (TPSA) is 65.1 Å². The van der Waals surface area contributed by atoms with Gasteiger partial charge in [-0.25, -0.2) is 9.59 Å². The number of carbonyl (C=O) groups excluding carboxylic acids is 2. The number of hydrogen-bond acceptors (Lipinski definition) is 5. The molecule has 1 aromatic rings. The van der Waals surface area contributed by atoms with Crippen molar-refractivity contribution in [3.63, 3.8) is 0 Å². The lowest BCUT2D eigenvalue weighted by atomic mass is 9.75. The summed E-state index contributed by atoms with van der Waals surface area (Å²) in [6, 6.07) is 9.30. The van der Waals surface area contributed by atoms with Crippen LogP contribution < -0.4 is 0 Å². The second kappa shape index (κ2) is 15.4. The van der Waals surface area contributed by atoms with Gasteiger partial charge in [0.1, 0.15) is 19.9 Å². The quantitative estimate of drug-likeness (QED) is 0.118. The molecule has 0 N–H and O–H groups in total. The first-order chi connectivity index (χ1) is 19.5. The van der Waals surface area contributed by atoms with Gasteiger partial charge < -0.3 is 19.1 Å². The van der Waals surface area contributed by atoms with Crippen molar-refractivity contribution in [2.45, 2.75) is 105 Å². The lowest BCUT2D eigenvalue weighted by Gasteiger charge is -2.37. The van der Waals surface area contributed by atoms with Crippen molar-refractivity contribution in [1.29, 1.82) is 0 Å². The molecule has 0 unspecified atom stereocenters. The van der Waals surface area contributed by atoms with Crippen LogP contribution in [0.2, 0.25) is 19.6 Å². The molecule has 4 atom stereocenters. The SMILES string of the molecule is C=C(C)[C@H]1CC(OC(=O)N(C(C)C)C(C)C)=C(C)[C@@H]([C@@H](/C=C(\C)C#C[Si](C)(C)C)OC(=O)[C@@H](OC)c2ccccc2)C1. The van der Waals surface area contributed by atoms with Crippen molar-refractivity contribution in [3.8, 4) is 11.5 Å². The van der Waals surface area contributed by atoms with E-state index in [0.717, 1.165) is 22.3 Å². The molecular formula is C35H51NO5Si. The van der Waals surface area contributed by atoms with E-state index in [9.17, 15) is 9.59 Å². The Morgan fingerprint density at radius 2 is 1.67 bits per heavy atom. The monoisotopic (exact) mass is 593 g/mol. The van der Waals surface area contributed by atoms with E-state index in [1.54, 1.807) is 4.90 Å². The number of allylic oxidation sites excluding steroid dienone is 3. The minimum absolute atomic E-state index is 0.0112. The molecule has 7 heteroatoms. The molecule has 0 radical (unpaired) electrons. The third kappa shape index (κ3) is 10.0. The summed E-state index contributed by atoms with van der Waals surface area (Å²) in [6.45, 7) is 24.6. The molecule has 0 aromatic heterocycles. The molecule has 1 amide bonds. The summed E-state index contributed by atoms with van der Waals surface area (Å²) in [5.74, 6) is 3.25. The van der Waals surface area contributed by atoms with Gasteiger partial charge in [-0.05, 0) is 83.6 Å². The van der Waals surface area contributed by atoms with Crippen LogP contribution in [0.15, 0.2) is 65.5 Å². The van der Waals surface area contributed by atoms with Crippen LogP contribution in [0.3, 0.4) is 0 Å². The highest BCUT2D eigenvalue weighted by molar-refractivity contribution is 6.83. The third-order valence-corrected chi connectivity index (χ3v) is 8.32. The van der Waals surface area contributed by atoms with Gasteiger partial charge in [-0.3, -0.25) is 0 Å². The van der Waals surface area contributed by atoms with Gasteiger partial charge in [-0.15, -0.1) is 5.54 Å². The molecular weight excluding hydrogens is 542 g/mol. The Hall–Kier alpha value is -3.08. The number of rotatable bonds is 10. The maximum absolute atomic E-state index is 13.6. The molecule has 0 fully saturated rings. The van der Waals surface area contributed by atoms with Gasteiger partial charge >= 0.3 is 12.1 Å². The minimum Gasteiger partial charge on any atom is -0.455 e. The predicted molar refractivity (Wildman–Crippen MR) is 173 cm³/mol. The molecule has 230 valence electrons. The van der Waals surface area contributed by atoms with E-state index in [2.05, 4.69) is 37.7 Å². The fourth-order valence-electron chi connectivity index (χ4n) is 5.21. The van der Waals surface area contributed by atoms with Crippen LogP contribution >= 0.6 is 0 Å². The molecule has 0 saturated heterocycles. The second-order valence-electron chi connectivity index (χ2n) is 12.9. The third-order valence-electron chi connectivity index (χ3n) is 7.45. The first-order valence-corrected chi connectivity index (χ1v) is 18.4. The molecule has 0 bridgehead atoms. The van der Waals surface area contributed by atoms with Crippen molar-refractivity contribution < 1.29 is 23.8 Å². The van der Waals surface area contributed by atoms with Crippen molar-refractivity contribution in [2.24, 2.45) is 11.8 Å². The van der Waals surface area contributed by atoms with Crippen molar-refractivity contribution in [3.05, 3.63) is 71.0 Å². The highest BCUT2D eigenvalue weighted by Crippen LogP contribution is 2.41. The van der Waals surface area contributed by atoms with Gasteiger partial charge in [0, 0.05) is 31.5 Å². The fourth-order valence-corrected chi connectivity index (χ4v) is 5.78. The molecule has 2 rings (SSSR count). The molecule has 1 aliphatic rings. The predicted octanol–water partition coefficient (Wildman–Crippen LogP) is 8.24. The van der Waals surface area contributed by atoms with Gasteiger partial charge in [0.15, 0.2) is 6.10 Å². The number of carbonyl (C=O) groups is 2. The summed E-state index contributed by atoms with van der Waals surface area (Å²) >= 11 is 0. The Morgan fingerprint density at radius 1 is 1.07 bits per heavy atom. The standard InChI is InChI=1S/C35H51NO5Si/c1-23(2)29-21-30(27(8)31(22-29)41-35(38)36(24(3)4)25(5)6)32(20-26(7)18-19-42(10,11)12)40-34(37)33(39-9)28-16-14-13-15-17-28/h13-17,20,24-25,29-30,32-33H,1,21-22H2,2-12H3/b26-20+/t29-,30+,32-,33+/m1/s1. The van der Waals surface area contributed by atoms with E-state index in [-0.39, 0.29) is 30.0 Å². The summed E-state index contributed by atoms with van der Waals surface area (Å²) in [5, 5.41) is 0. The maximum Gasteiger partial charge on any atom is 0.415 e. The van der Waals surface area contributed by atoms with Gasteiger partial charge in [0.25, 0.3) is 0 Å². The lowest BCUT2D eigenvalue weighted by molar-refractivity contribution is -0.161. The molecule has 0 saturated carbocycles. The molecule has 0 spiro atoms. The molecule has 1 aliphatic carbocycles. The Kier molecular flexibility index (Phi) is 12.9. The van der Waals surface area contributed by atoms with Crippen LogP contribution in [0.5, 0.6) is 0 Å². The van der Waals surface area contributed by atoms with Gasteiger partial charge in [-0.2, -0.15) is 0 Å². The highest BCUT2D eigenvalue weighted by atomic mass is 28.3. The maximum atomic E-state index is 13.6. The normalized spacial score (nSPS) is 19.1. The van der Waals surface area contributed by atoms with Gasteiger partial charge in [-0.1, -0.05) is 68.0 Å². The lowest BCUT2D eigenvalue weighted by Crippen LogP contribution is -2.43. The molecule has 42 heavy (non-hydrogen) atoms. The first kappa shape index (κ1) is 35.1. The Labute approximate surface area is 255 Å². The van der Waals surface area contributed by atoms with Crippen molar-refractivity contribution >= 4 is 20.1 Å². The van der Waals surface area contributed by atoms with Crippen LogP contribution in [0, 0.1) is 23.3 Å². The van der Waals surface area contributed by atoms with Crippen LogP contribution in [0.4, 0.5) is 4.79 Å². The van der Waals surface area contributed by atoms with E-state index in [1.807, 2.05) is 84.9 Å². The van der Waals surface area contributed by atoms with Crippen LogP contribution in [0.1, 0.15) is 73.0 Å². The first-order valence-electron chi connectivity index (χ1n) is 14.9. The Morgan fingerprint density at radius 3 is 2.17 bits per heavy atom. The van der Waals surface area contributed by atoms with Gasteiger partial charge in [0.2, 0.25) is 0 Å². The smallest absolute Gasteiger partial charge is 0.415 e. The van der Waals surface area contributed by atoms with E-state index in [1.165, 1.54) is 7.11 Å². The van der Waals surface area contributed by atoms with Crippen molar-refractivity contribution in [2.75, 3.05) is 7.11 Å². The number of ether oxygens (including phenoxy) is 3. The number of hydrogen-bond donors (Lipinski definition) is 0.